The Morgan fingerprint density at radius 1 is 0.750 bits per heavy atom. The molecule has 0 fully saturated rings. The van der Waals surface area contributed by atoms with Crippen molar-refractivity contribution < 1.29 is 28.5 Å². The molecule has 7 nitrogen and oxygen atoms in total. The summed E-state index contributed by atoms with van der Waals surface area (Å²) in [7, 11) is 7.81. The molecule has 3 rings (SSSR count). The lowest BCUT2D eigenvalue weighted by Crippen LogP contribution is -2.00. The first-order valence-electron chi connectivity index (χ1n) is 11.0. The third-order valence-corrected chi connectivity index (χ3v) is 5.63. The molecule has 0 aliphatic heterocycles. The van der Waals surface area contributed by atoms with Crippen molar-refractivity contribution in [3.63, 3.8) is 0 Å². The summed E-state index contributed by atoms with van der Waals surface area (Å²) in [5.74, 6) is 2.67. The number of halogens is 1. The van der Waals surface area contributed by atoms with Crippen LogP contribution in [0.4, 0.5) is 5.69 Å². The summed E-state index contributed by atoms with van der Waals surface area (Å²) in [6.07, 6.45) is 5.53. The minimum Gasteiger partial charge on any atom is -0.495 e. The highest BCUT2D eigenvalue weighted by molar-refractivity contribution is 6.32. The second-order valence-corrected chi connectivity index (χ2v) is 7.92. The van der Waals surface area contributed by atoms with E-state index in [1.807, 2.05) is 42.5 Å². The van der Waals surface area contributed by atoms with Gasteiger partial charge in [-0.15, -0.1) is 0 Å². The number of nitrogens with zero attached hydrogens (tertiary/aromatic N) is 1. The average molecular weight is 510 g/mol. The molecule has 3 aromatic carbocycles. The first-order chi connectivity index (χ1) is 17.4. The van der Waals surface area contributed by atoms with E-state index in [0.29, 0.717) is 45.0 Å². The highest BCUT2D eigenvalue weighted by Crippen LogP contribution is 2.39. The van der Waals surface area contributed by atoms with Crippen LogP contribution in [0.5, 0.6) is 28.7 Å². The minimum atomic E-state index is -0.110. The Bertz CT molecular complexity index is 1260. The summed E-state index contributed by atoms with van der Waals surface area (Å²) in [5.41, 5.74) is 2.85. The number of benzene rings is 3. The van der Waals surface area contributed by atoms with E-state index < -0.39 is 0 Å². The largest absolute Gasteiger partial charge is 0.495 e. The van der Waals surface area contributed by atoms with Gasteiger partial charge in [0.1, 0.15) is 17.2 Å². The SMILES string of the molecule is COc1ccc(C(=O)CC=Nc2cc(/C=C\c3cc(OC)c(OC)c(OC)c3)ccc2OC)cc1Cl. The van der Waals surface area contributed by atoms with Crippen LogP contribution in [0.2, 0.25) is 5.02 Å². The van der Waals surface area contributed by atoms with E-state index in [1.165, 1.54) is 7.11 Å². The Labute approximate surface area is 215 Å². The minimum absolute atomic E-state index is 0.108. The quantitative estimate of drug-likeness (QED) is 0.166. The molecule has 0 saturated heterocycles. The van der Waals surface area contributed by atoms with Gasteiger partial charge < -0.3 is 23.7 Å². The molecule has 0 amide bonds. The van der Waals surface area contributed by atoms with Crippen LogP contribution >= 0.6 is 11.6 Å². The number of aliphatic imine (C=N–C) groups is 1. The molecule has 0 radical (unpaired) electrons. The van der Waals surface area contributed by atoms with Gasteiger partial charge in [0, 0.05) is 18.2 Å². The van der Waals surface area contributed by atoms with Crippen LogP contribution in [0.1, 0.15) is 27.9 Å². The standard InChI is InChI=1S/C28H28ClNO6/c1-32-24-11-9-20(17-21(24)29)23(31)12-13-30-22-14-18(8-10-25(22)33-2)6-7-19-15-26(34-3)28(36-5)27(16-19)35-4/h6-11,13-17H,12H2,1-5H3/b7-6-,30-13?. The second-order valence-electron chi connectivity index (χ2n) is 7.51. The highest BCUT2D eigenvalue weighted by atomic mass is 35.5. The van der Waals surface area contributed by atoms with Gasteiger partial charge in [-0.1, -0.05) is 29.8 Å². The van der Waals surface area contributed by atoms with Crippen molar-refractivity contribution in [2.75, 3.05) is 35.5 Å². The topological polar surface area (TPSA) is 75.6 Å². The van der Waals surface area contributed by atoms with Crippen LogP contribution in [-0.2, 0) is 0 Å². The summed E-state index contributed by atoms with van der Waals surface area (Å²) in [5, 5.41) is 0.383. The van der Waals surface area contributed by atoms with E-state index in [0.717, 1.165) is 11.1 Å². The van der Waals surface area contributed by atoms with Crippen molar-refractivity contribution in [3.8, 4) is 28.7 Å². The fourth-order valence-corrected chi connectivity index (χ4v) is 3.74. The van der Waals surface area contributed by atoms with Gasteiger partial charge in [0.05, 0.1) is 40.6 Å². The molecule has 0 aliphatic rings. The fraction of sp³-hybridized carbons (Fsp3) is 0.214. The molecule has 36 heavy (non-hydrogen) atoms. The number of Topliss-reactive ketones (excluding diaryl/α,β-unsaturated/α-hetero) is 1. The zero-order valence-corrected chi connectivity index (χ0v) is 21.6. The Hall–Kier alpha value is -3.97. The van der Waals surface area contributed by atoms with Gasteiger partial charge in [-0.25, -0.2) is 0 Å². The molecule has 0 bridgehead atoms. The first-order valence-corrected chi connectivity index (χ1v) is 11.4. The Balaban J connectivity index is 1.79. The van der Waals surface area contributed by atoms with Crippen LogP contribution in [-0.4, -0.2) is 47.5 Å². The molecule has 0 saturated carbocycles. The lowest BCUT2D eigenvalue weighted by Gasteiger charge is -2.12. The second kappa shape index (κ2) is 12.7. The zero-order chi connectivity index (χ0) is 26.1. The number of ketones is 1. The zero-order valence-electron chi connectivity index (χ0n) is 20.8. The molecular formula is C28H28ClNO6. The van der Waals surface area contributed by atoms with Gasteiger partial charge >= 0.3 is 0 Å². The molecule has 0 spiro atoms. The average Bonchev–Trinajstić information content (AvgIpc) is 2.91. The summed E-state index contributed by atoms with van der Waals surface area (Å²) in [4.78, 5) is 17.0. The van der Waals surface area contributed by atoms with E-state index >= 15 is 0 Å². The molecule has 0 unspecified atom stereocenters. The predicted molar refractivity (Wildman–Crippen MR) is 143 cm³/mol. The van der Waals surface area contributed by atoms with E-state index in [2.05, 4.69) is 4.99 Å². The summed E-state index contributed by atoms with van der Waals surface area (Å²) in [6.45, 7) is 0. The smallest absolute Gasteiger partial charge is 0.203 e. The Morgan fingerprint density at radius 2 is 1.36 bits per heavy atom. The van der Waals surface area contributed by atoms with Crippen molar-refractivity contribution in [1.82, 2.24) is 0 Å². The molecule has 0 aromatic heterocycles. The van der Waals surface area contributed by atoms with Crippen molar-refractivity contribution in [2.24, 2.45) is 4.99 Å². The molecular weight excluding hydrogens is 482 g/mol. The maximum Gasteiger partial charge on any atom is 0.203 e. The van der Waals surface area contributed by atoms with Crippen molar-refractivity contribution in [2.45, 2.75) is 6.42 Å². The molecule has 0 aliphatic carbocycles. The van der Waals surface area contributed by atoms with Gasteiger partial charge in [0.15, 0.2) is 17.3 Å². The van der Waals surface area contributed by atoms with Crippen LogP contribution in [0, 0.1) is 0 Å². The number of hydrogen-bond donors (Lipinski definition) is 0. The van der Waals surface area contributed by atoms with E-state index in [1.54, 1.807) is 52.9 Å². The molecule has 0 heterocycles. The van der Waals surface area contributed by atoms with Crippen LogP contribution < -0.4 is 23.7 Å². The maximum atomic E-state index is 12.6. The molecule has 3 aromatic rings. The third-order valence-electron chi connectivity index (χ3n) is 5.34. The van der Waals surface area contributed by atoms with Crippen molar-refractivity contribution >= 4 is 41.4 Å². The van der Waals surface area contributed by atoms with Gasteiger partial charge in [-0.3, -0.25) is 9.79 Å². The number of carbonyl (C=O) groups is 1. The Kier molecular flexibility index (Phi) is 9.36. The van der Waals surface area contributed by atoms with Gasteiger partial charge in [0.2, 0.25) is 5.75 Å². The van der Waals surface area contributed by atoms with Gasteiger partial charge in [0.25, 0.3) is 0 Å². The van der Waals surface area contributed by atoms with E-state index in [9.17, 15) is 4.79 Å². The number of hydrogen-bond acceptors (Lipinski definition) is 7. The summed E-state index contributed by atoms with van der Waals surface area (Å²) >= 11 is 6.13. The maximum absolute atomic E-state index is 12.6. The van der Waals surface area contributed by atoms with Crippen molar-refractivity contribution in [3.05, 3.63) is 70.2 Å². The Morgan fingerprint density at radius 3 is 1.94 bits per heavy atom. The molecule has 8 heteroatoms. The van der Waals surface area contributed by atoms with Crippen LogP contribution in [0.3, 0.4) is 0 Å². The molecule has 0 N–H and O–H groups in total. The fourth-order valence-electron chi connectivity index (χ4n) is 3.49. The number of rotatable bonds is 11. The number of carbonyl (C=O) groups excluding carboxylic acids is 1. The van der Waals surface area contributed by atoms with E-state index in [-0.39, 0.29) is 12.2 Å². The number of ether oxygens (including phenoxy) is 5. The van der Waals surface area contributed by atoms with Crippen molar-refractivity contribution in [1.29, 1.82) is 0 Å². The monoisotopic (exact) mass is 509 g/mol. The lowest BCUT2D eigenvalue weighted by atomic mass is 10.1. The normalized spacial score (nSPS) is 11.1. The van der Waals surface area contributed by atoms with Gasteiger partial charge in [-0.2, -0.15) is 0 Å². The molecule has 0 atom stereocenters. The first kappa shape index (κ1) is 26.6. The van der Waals surface area contributed by atoms with E-state index in [4.69, 9.17) is 35.3 Å². The van der Waals surface area contributed by atoms with Crippen LogP contribution in [0.15, 0.2) is 53.5 Å². The number of methoxy groups -OCH3 is 5. The highest BCUT2D eigenvalue weighted by Gasteiger charge is 2.12. The third kappa shape index (κ3) is 6.37. The lowest BCUT2D eigenvalue weighted by molar-refractivity contribution is 0.100. The summed E-state index contributed by atoms with van der Waals surface area (Å²) in [6, 6.07) is 14.3. The van der Waals surface area contributed by atoms with Gasteiger partial charge in [-0.05, 0) is 53.6 Å². The molecule has 188 valence electrons. The van der Waals surface area contributed by atoms with Crippen LogP contribution in [0.25, 0.3) is 12.2 Å². The summed E-state index contributed by atoms with van der Waals surface area (Å²) < 4.78 is 26.8. The predicted octanol–water partition coefficient (Wildman–Crippen LogP) is 6.53.